The predicted octanol–water partition coefficient (Wildman–Crippen LogP) is 4.05. The molecule has 0 saturated carbocycles. The summed E-state index contributed by atoms with van der Waals surface area (Å²) in [5.74, 6) is -0.917. The second kappa shape index (κ2) is 9.94. The molecule has 2 aromatic rings. The van der Waals surface area contributed by atoms with E-state index in [0.717, 1.165) is 23.2 Å². The van der Waals surface area contributed by atoms with Gasteiger partial charge in [-0.05, 0) is 41.5 Å². The highest BCUT2D eigenvalue weighted by atomic mass is 35.5. The molecule has 3 rings (SSSR count). The zero-order valence-corrected chi connectivity index (χ0v) is 17.7. The number of carbonyl (C=O) groups is 1. The van der Waals surface area contributed by atoms with Crippen molar-refractivity contribution in [1.29, 1.82) is 0 Å². The number of nitrogens with one attached hydrogen (secondary N) is 2. The van der Waals surface area contributed by atoms with Gasteiger partial charge in [0.25, 0.3) is 0 Å². The normalized spacial score (nSPS) is 19.2. The van der Waals surface area contributed by atoms with Crippen LogP contribution in [0.25, 0.3) is 0 Å². The molecule has 0 aliphatic heterocycles. The van der Waals surface area contributed by atoms with E-state index in [0.29, 0.717) is 30.2 Å². The molecule has 0 saturated heterocycles. The first-order chi connectivity index (χ1) is 14.4. The Balaban J connectivity index is 1.47. The van der Waals surface area contributed by atoms with Gasteiger partial charge in [0.15, 0.2) is 0 Å². The van der Waals surface area contributed by atoms with Crippen molar-refractivity contribution in [2.75, 3.05) is 19.6 Å². The van der Waals surface area contributed by atoms with Crippen molar-refractivity contribution in [2.45, 2.75) is 24.9 Å². The zero-order valence-electron chi connectivity index (χ0n) is 16.9. The summed E-state index contributed by atoms with van der Waals surface area (Å²) in [6.07, 6.45) is 6.32. The predicted molar refractivity (Wildman–Crippen MR) is 120 cm³/mol. The highest BCUT2D eigenvalue weighted by Gasteiger charge is 2.27. The summed E-state index contributed by atoms with van der Waals surface area (Å²) in [5.41, 5.74) is 2.90. The topological polar surface area (TPSA) is 81.6 Å². The number of carboxylic acids is 1. The Morgan fingerprint density at radius 3 is 2.77 bits per heavy atom. The molecule has 2 atom stereocenters. The van der Waals surface area contributed by atoms with Gasteiger partial charge in [-0.2, -0.15) is 0 Å². The number of halogens is 1. The van der Waals surface area contributed by atoms with Crippen molar-refractivity contribution in [1.82, 2.24) is 10.6 Å². The van der Waals surface area contributed by atoms with E-state index in [1.165, 1.54) is 0 Å². The van der Waals surface area contributed by atoms with Crippen molar-refractivity contribution in [3.8, 4) is 0 Å². The molecule has 6 heteroatoms. The molecule has 4 N–H and O–H groups in total. The standard InChI is InChI=1S/C24H27ClN2O3/c1-24(19-7-2-6-18(13-19)23(29)30)10-4-9-21(15-24)27-12-11-26-16-22(28)17-5-3-8-20(25)14-17/h2-10,13-14,22,26-28H,11-12,15-16H2,1H3,(H,29,30)/t22-,24?/m0/s1. The van der Waals surface area contributed by atoms with Crippen molar-refractivity contribution in [3.05, 3.63) is 94.2 Å². The lowest BCUT2D eigenvalue weighted by molar-refractivity contribution is 0.0696. The van der Waals surface area contributed by atoms with Crippen LogP contribution >= 0.6 is 11.6 Å². The molecule has 0 radical (unpaired) electrons. The van der Waals surface area contributed by atoms with Gasteiger partial charge in [-0.3, -0.25) is 0 Å². The Hall–Kier alpha value is -2.60. The maximum atomic E-state index is 11.3. The smallest absolute Gasteiger partial charge is 0.335 e. The van der Waals surface area contributed by atoms with Crippen molar-refractivity contribution in [3.63, 3.8) is 0 Å². The molecule has 0 heterocycles. The Morgan fingerprint density at radius 1 is 1.20 bits per heavy atom. The van der Waals surface area contributed by atoms with E-state index >= 15 is 0 Å². The van der Waals surface area contributed by atoms with E-state index in [1.807, 2.05) is 30.4 Å². The number of rotatable bonds is 9. The van der Waals surface area contributed by atoms with E-state index in [9.17, 15) is 15.0 Å². The summed E-state index contributed by atoms with van der Waals surface area (Å²) in [6, 6.07) is 14.4. The van der Waals surface area contributed by atoms with Gasteiger partial charge in [-0.25, -0.2) is 4.79 Å². The van der Waals surface area contributed by atoms with Crippen LogP contribution in [0.3, 0.4) is 0 Å². The first kappa shape index (κ1) is 22.1. The Kier molecular flexibility index (Phi) is 7.32. The molecule has 1 aliphatic carbocycles. The van der Waals surface area contributed by atoms with Crippen LogP contribution in [0.5, 0.6) is 0 Å². The van der Waals surface area contributed by atoms with Gasteiger partial charge in [-0.1, -0.05) is 54.9 Å². The number of aliphatic hydroxyl groups excluding tert-OH is 1. The minimum absolute atomic E-state index is 0.265. The van der Waals surface area contributed by atoms with Crippen molar-refractivity contribution < 1.29 is 15.0 Å². The maximum absolute atomic E-state index is 11.3. The number of hydrogen-bond acceptors (Lipinski definition) is 4. The number of benzene rings is 2. The molecule has 0 spiro atoms. The van der Waals surface area contributed by atoms with E-state index in [4.69, 9.17) is 11.6 Å². The lowest BCUT2D eigenvalue weighted by Gasteiger charge is -2.31. The highest BCUT2D eigenvalue weighted by Crippen LogP contribution is 2.34. The van der Waals surface area contributed by atoms with Crippen molar-refractivity contribution in [2.24, 2.45) is 0 Å². The minimum Gasteiger partial charge on any atom is -0.478 e. The zero-order chi connectivity index (χ0) is 21.6. The average molecular weight is 427 g/mol. The van der Waals surface area contributed by atoms with Crippen LogP contribution in [0.15, 0.2) is 72.5 Å². The van der Waals surface area contributed by atoms with Gasteiger partial charge in [0.05, 0.1) is 11.7 Å². The lowest BCUT2D eigenvalue weighted by atomic mass is 9.76. The minimum atomic E-state index is -0.917. The van der Waals surface area contributed by atoms with Crippen LogP contribution in [0.1, 0.15) is 40.9 Å². The van der Waals surface area contributed by atoms with Crippen LogP contribution in [0.4, 0.5) is 0 Å². The van der Waals surface area contributed by atoms with Gasteiger partial charge in [0.1, 0.15) is 0 Å². The third-order valence-corrected chi connectivity index (χ3v) is 5.55. The third-order valence-electron chi connectivity index (χ3n) is 5.31. The molecule has 1 unspecified atom stereocenters. The van der Waals surface area contributed by atoms with Crippen LogP contribution in [0, 0.1) is 0 Å². The third kappa shape index (κ3) is 5.72. The second-order valence-corrected chi connectivity index (χ2v) is 8.17. The van der Waals surface area contributed by atoms with Gasteiger partial charge in [-0.15, -0.1) is 0 Å². The second-order valence-electron chi connectivity index (χ2n) is 7.73. The van der Waals surface area contributed by atoms with Crippen LogP contribution in [-0.2, 0) is 5.41 Å². The molecule has 2 aromatic carbocycles. The molecule has 0 aromatic heterocycles. The van der Waals surface area contributed by atoms with E-state index in [2.05, 4.69) is 23.6 Å². The fraction of sp³-hybridized carbons (Fsp3) is 0.292. The quantitative estimate of drug-likeness (QED) is 0.455. The summed E-state index contributed by atoms with van der Waals surface area (Å²) < 4.78 is 0. The first-order valence-electron chi connectivity index (χ1n) is 9.98. The SMILES string of the molecule is CC1(c2cccc(C(=O)O)c2)C=CC=C(NCCNC[C@H](O)c2cccc(Cl)c2)C1. The van der Waals surface area contributed by atoms with E-state index in [-0.39, 0.29) is 5.41 Å². The first-order valence-corrected chi connectivity index (χ1v) is 10.4. The van der Waals surface area contributed by atoms with Crippen molar-refractivity contribution >= 4 is 17.6 Å². The Labute approximate surface area is 182 Å². The monoisotopic (exact) mass is 426 g/mol. The van der Waals surface area contributed by atoms with Gasteiger partial charge >= 0.3 is 5.97 Å². The number of carboxylic acid groups (broad SMARTS) is 1. The molecule has 158 valence electrons. The maximum Gasteiger partial charge on any atom is 0.335 e. The fourth-order valence-corrected chi connectivity index (χ4v) is 3.80. The largest absolute Gasteiger partial charge is 0.478 e. The molecule has 0 amide bonds. The molecular formula is C24H27ClN2O3. The lowest BCUT2D eigenvalue weighted by Crippen LogP contribution is -2.32. The number of aliphatic hydroxyl groups is 1. The van der Waals surface area contributed by atoms with Gasteiger partial charge in [0.2, 0.25) is 0 Å². The summed E-state index contributed by atoms with van der Waals surface area (Å²) in [4.78, 5) is 11.3. The number of allylic oxidation sites excluding steroid dienone is 4. The van der Waals surface area contributed by atoms with Crippen LogP contribution < -0.4 is 10.6 Å². The highest BCUT2D eigenvalue weighted by molar-refractivity contribution is 6.30. The fourth-order valence-electron chi connectivity index (χ4n) is 3.60. The van der Waals surface area contributed by atoms with Gasteiger partial charge in [0, 0.05) is 42.2 Å². The summed E-state index contributed by atoms with van der Waals surface area (Å²) in [7, 11) is 0. The van der Waals surface area contributed by atoms with Gasteiger partial charge < -0.3 is 20.8 Å². The van der Waals surface area contributed by atoms with Crippen LogP contribution in [0.2, 0.25) is 5.02 Å². The summed E-state index contributed by atoms with van der Waals surface area (Å²) >= 11 is 5.97. The number of hydrogen-bond donors (Lipinski definition) is 4. The average Bonchev–Trinajstić information content (AvgIpc) is 2.73. The summed E-state index contributed by atoms with van der Waals surface area (Å²) in [6.45, 7) is 3.97. The number of aromatic carboxylic acids is 1. The molecule has 0 bridgehead atoms. The van der Waals surface area contributed by atoms with E-state index in [1.54, 1.807) is 30.3 Å². The molecular weight excluding hydrogens is 400 g/mol. The Bertz CT molecular complexity index is 957. The molecule has 0 fully saturated rings. The summed E-state index contributed by atoms with van der Waals surface area (Å²) in [5, 5.41) is 26.8. The molecule has 5 nitrogen and oxygen atoms in total. The van der Waals surface area contributed by atoms with E-state index < -0.39 is 12.1 Å². The molecule has 30 heavy (non-hydrogen) atoms. The Morgan fingerprint density at radius 2 is 2.00 bits per heavy atom. The van der Waals surface area contributed by atoms with Crippen LogP contribution in [-0.4, -0.2) is 35.8 Å². The molecule has 1 aliphatic rings.